The van der Waals surface area contributed by atoms with Gasteiger partial charge in [0.05, 0.1) is 0 Å². The predicted octanol–water partition coefficient (Wildman–Crippen LogP) is 2.38. The van der Waals surface area contributed by atoms with E-state index in [1.807, 2.05) is 0 Å². The summed E-state index contributed by atoms with van der Waals surface area (Å²) in [5.74, 6) is 0. The van der Waals surface area contributed by atoms with Gasteiger partial charge in [0.2, 0.25) is 0 Å². The molecule has 0 aromatic heterocycles. The maximum Gasteiger partial charge on any atom is 0.0208 e. The van der Waals surface area contributed by atoms with Crippen molar-refractivity contribution in [3.63, 3.8) is 0 Å². The summed E-state index contributed by atoms with van der Waals surface area (Å²) in [5.41, 5.74) is 4.64. The molecule has 70 valence electrons. The maximum atomic E-state index is 3.45. The standard InChI is InChI=1S/C12H17N/c1-9-4-5-10-7-13-8-12(2,3)11(10)6-9/h4-6,13H,7-8H2,1-3H3. The molecular formula is C12H17N. The Hall–Kier alpha value is -0.820. The third kappa shape index (κ3) is 1.49. The molecule has 1 aromatic rings. The fourth-order valence-corrected chi connectivity index (χ4v) is 2.08. The summed E-state index contributed by atoms with van der Waals surface area (Å²) in [6.45, 7) is 8.88. The second kappa shape index (κ2) is 2.85. The third-order valence-electron chi connectivity index (χ3n) is 2.88. The Morgan fingerprint density at radius 2 is 2.08 bits per heavy atom. The summed E-state index contributed by atoms with van der Waals surface area (Å²) in [5, 5.41) is 3.45. The van der Waals surface area contributed by atoms with Crippen LogP contribution in [-0.4, -0.2) is 6.54 Å². The molecule has 1 aliphatic heterocycles. The van der Waals surface area contributed by atoms with E-state index in [0.29, 0.717) is 5.41 Å². The van der Waals surface area contributed by atoms with Crippen LogP contribution in [0, 0.1) is 6.92 Å². The van der Waals surface area contributed by atoms with Gasteiger partial charge in [0.15, 0.2) is 0 Å². The molecule has 1 heteroatoms. The van der Waals surface area contributed by atoms with Crippen LogP contribution in [0.2, 0.25) is 0 Å². The Balaban J connectivity index is 2.55. The van der Waals surface area contributed by atoms with E-state index in [4.69, 9.17) is 0 Å². The van der Waals surface area contributed by atoms with E-state index in [2.05, 4.69) is 44.3 Å². The fourth-order valence-electron chi connectivity index (χ4n) is 2.08. The van der Waals surface area contributed by atoms with Crippen molar-refractivity contribution in [3.8, 4) is 0 Å². The lowest BCUT2D eigenvalue weighted by Gasteiger charge is -2.33. The van der Waals surface area contributed by atoms with Crippen LogP contribution in [0.3, 0.4) is 0 Å². The molecule has 0 aliphatic carbocycles. The first-order valence-corrected chi connectivity index (χ1v) is 4.90. The first-order chi connectivity index (χ1) is 6.09. The summed E-state index contributed by atoms with van der Waals surface area (Å²) >= 11 is 0. The highest BCUT2D eigenvalue weighted by molar-refractivity contribution is 5.38. The summed E-state index contributed by atoms with van der Waals surface area (Å²) in [6.07, 6.45) is 0. The Morgan fingerprint density at radius 1 is 1.31 bits per heavy atom. The predicted molar refractivity (Wildman–Crippen MR) is 55.9 cm³/mol. The van der Waals surface area contributed by atoms with Crippen LogP contribution in [0.4, 0.5) is 0 Å². The topological polar surface area (TPSA) is 12.0 Å². The Labute approximate surface area is 80.2 Å². The van der Waals surface area contributed by atoms with Crippen molar-refractivity contribution in [2.45, 2.75) is 32.7 Å². The van der Waals surface area contributed by atoms with Crippen LogP contribution in [-0.2, 0) is 12.0 Å². The number of nitrogens with one attached hydrogen (secondary N) is 1. The molecule has 0 radical (unpaired) electrons. The lowest BCUT2D eigenvalue weighted by molar-refractivity contribution is 0.434. The highest BCUT2D eigenvalue weighted by atomic mass is 14.9. The number of rotatable bonds is 0. The first kappa shape index (κ1) is 8.76. The average Bonchev–Trinajstić information content (AvgIpc) is 2.06. The molecule has 0 amide bonds. The van der Waals surface area contributed by atoms with Gasteiger partial charge < -0.3 is 5.32 Å². The van der Waals surface area contributed by atoms with Gasteiger partial charge in [-0.25, -0.2) is 0 Å². The Bertz CT molecular complexity index is 326. The van der Waals surface area contributed by atoms with Gasteiger partial charge in [-0.15, -0.1) is 0 Å². The van der Waals surface area contributed by atoms with Crippen molar-refractivity contribution >= 4 is 0 Å². The molecular weight excluding hydrogens is 158 g/mol. The van der Waals surface area contributed by atoms with Gasteiger partial charge in [0, 0.05) is 18.5 Å². The lowest BCUT2D eigenvalue weighted by atomic mass is 9.78. The van der Waals surface area contributed by atoms with Crippen molar-refractivity contribution < 1.29 is 0 Å². The maximum absolute atomic E-state index is 3.45. The summed E-state index contributed by atoms with van der Waals surface area (Å²) in [7, 11) is 0. The van der Waals surface area contributed by atoms with Crippen LogP contribution >= 0.6 is 0 Å². The number of aryl methyl sites for hydroxylation is 1. The number of hydrogen-bond donors (Lipinski definition) is 1. The summed E-state index contributed by atoms with van der Waals surface area (Å²) in [6, 6.07) is 6.77. The van der Waals surface area contributed by atoms with Gasteiger partial charge in [-0.1, -0.05) is 37.6 Å². The van der Waals surface area contributed by atoms with E-state index in [0.717, 1.165) is 13.1 Å². The second-order valence-corrected chi connectivity index (χ2v) is 4.65. The van der Waals surface area contributed by atoms with Crippen LogP contribution in [0.15, 0.2) is 18.2 Å². The molecule has 13 heavy (non-hydrogen) atoms. The third-order valence-corrected chi connectivity index (χ3v) is 2.88. The fraction of sp³-hybridized carbons (Fsp3) is 0.500. The molecule has 1 heterocycles. The average molecular weight is 175 g/mol. The highest BCUT2D eigenvalue weighted by Gasteiger charge is 2.26. The van der Waals surface area contributed by atoms with Gasteiger partial charge in [0.1, 0.15) is 0 Å². The zero-order valence-electron chi connectivity index (χ0n) is 8.65. The van der Waals surface area contributed by atoms with E-state index >= 15 is 0 Å². The van der Waals surface area contributed by atoms with Crippen LogP contribution in [0.5, 0.6) is 0 Å². The molecule has 0 unspecified atom stereocenters. The Morgan fingerprint density at radius 3 is 2.85 bits per heavy atom. The highest BCUT2D eigenvalue weighted by Crippen LogP contribution is 2.29. The molecule has 0 atom stereocenters. The van der Waals surface area contributed by atoms with Crippen molar-refractivity contribution in [3.05, 3.63) is 34.9 Å². The molecule has 1 N–H and O–H groups in total. The molecule has 1 aromatic carbocycles. The quantitative estimate of drug-likeness (QED) is 0.638. The summed E-state index contributed by atoms with van der Waals surface area (Å²) < 4.78 is 0. The van der Waals surface area contributed by atoms with E-state index in [9.17, 15) is 0 Å². The van der Waals surface area contributed by atoms with Gasteiger partial charge >= 0.3 is 0 Å². The number of benzene rings is 1. The van der Waals surface area contributed by atoms with Gasteiger partial charge in [0.25, 0.3) is 0 Å². The van der Waals surface area contributed by atoms with E-state index in [-0.39, 0.29) is 0 Å². The van der Waals surface area contributed by atoms with Crippen molar-refractivity contribution in [2.75, 3.05) is 6.54 Å². The zero-order valence-corrected chi connectivity index (χ0v) is 8.65. The molecule has 1 aliphatic rings. The van der Waals surface area contributed by atoms with Gasteiger partial charge in [-0.3, -0.25) is 0 Å². The normalized spacial score (nSPS) is 19.6. The van der Waals surface area contributed by atoms with Crippen molar-refractivity contribution in [2.24, 2.45) is 0 Å². The SMILES string of the molecule is Cc1ccc2c(c1)C(C)(C)CNC2. The van der Waals surface area contributed by atoms with E-state index in [1.54, 1.807) is 0 Å². The zero-order chi connectivity index (χ0) is 9.47. The van der Waals surface area contributed by atoms with Gasteiger partial charge in [-0.05, 0) is 18.1 Å². The lowest BCUT2D eigenvalue weighted by Crippen LogP contribution is -2.38. The molecule has 2 rings (SSSR count). The second-order valence-electron chi connectivity index (χ2n) is 4.65. The monoisotopic (exact) mass is 175 g/mol. The largest absolute Gasteiger partial charge is 0.312 e. The molecule has 0 fully saturated rings. The molecule has 0 spiro atoms. The van der Waals surface area contributed by atoms with Crippen LogP contribution in [0.1, 0.15) is 30.5 Å². The molecule has 1 nitrogen and oxygen atoms in total. The van der Waals surface area contributed by atoms with E-state index in [1.165, 1.54) is 16.7 Å². The van der Waals surface area contributed by atoms with Crippen molar-refractivity contribution in [1.29, 1.82) is 0 Å². The van der Waals surface area contributed by atoms with Crippen LogP contribution < -0.4 is 5.32 Å². The molecule has 0 saturated carbocycles. The minimum absolute atomic E-state index is 0.291. The number of fused-ring (bicyclic) bond motifs is 1. The Kier molecular flexibility index (Phi) is 1.92. The van der Waals surface area contributed by atoms with Gasteiger partial charge in [-0.2, -0.15) is 0 Å². The smallest absolute Gasteiger partial charge is 0.0208 e. The molecule has 0 bridgehead atoms. The summed E-state index contributed by atoms with van der Waals surface area (Å²) in [4.78, 5) is 0. The number of hydrogen-bond acceptors (Lipinski definition) is 1. The minimum atomic E-state index is 0.291. The van der Waals surface area contributed by atoms with E-state index < -0.39 is 0 Å². The first-order valence-electron chi connectivity index (χ1n) is 4.90. The van der Waals surface area contributed by atoms with Crippen molar-refractivity contribution in [1.82, 2.24) is 5.32 Å². The van der Waals surface area contributed by atoms with Crippen LogP contribution in [0.25, 0.3) is 0 Å². The molecule has 0 saturated heterocycles. The minimum Gasteiger partial charge on any atom is -0.312 e.